The van der Waals surface area contributed by atoms with Gasteiger partial charge in [0.15, 0.2) is 17.6 Å². The van der Waals surface area contributed by atoms with Crippen LogP contribution in [0.5, 0.6) is 17.2 Å². The van der Waals surface area contributed by atoms with Gasteiger partial charge >= 0.3 is 7.12 Å². The molecule has 1 aliphatic rings. The highest BCUT2D eigenvalue weighted by atomic mass is 16.6. The molecule has 1 heterocycles. The lowest BCUT2D eigenvalue weighted by Crippen LogP contribution is -2.31. The fraction of sp³-hybridized carbons (Fsp3) is 0.200. The van der Waals surface area contributed by atoms with E-state index in [1.165, 1.54) is 7.11 Å². The van der Waals surface area contributed by atoms with Gasteiger partial charge in [-0.1, -0.05) is 18.2 Å². The summed E-state index contributed by atoms with van der Waals surface area (Å²) in [6.45, 7) is 0.352. The lowest BCUT2D eigenvalue weighted by molar-refractivity contribution is 0.0912. The van der Waals surface area contributed by atoms with E-state index < -0.39 is 7.12 Å². The third kappa shape index (κ3) is 2.81. The van der Waals surface area contributed by atoms with Gasteiger partial charge in [0, 0.05) is 0 Å². The third-order valence-electron chi connectivity index (χ3n) is 3.37. The second kappa shape index (κ2) is 5.67. The van der Waals surface area contributed by atoms with Crippen molar-refractivity contribution in [3.05, 3.63) is 48.0 Å². The average molecular weight is 286 g/mol. The van der Waals surface area contributed by atoms with Gasteiger partial charge in [0.2, 0.25) is 0 Å². The summed E-state index contributed by atoms with van der Waals surface area (Å²) in [6.07, 6.45) is -0.326. The monoisotopic (exact) mass is 286 g/mol. The molecule has 2 aromatic carbocycles. The van der Waals surface area contributed by atoms with Gasteiger partial charge in [0.1, 0.15) is 12.4 Å². The Hall–Kier alpha value is -2.18. The number of para-hydroxylation sites is 2. The zero-order chi connectivity index (χ0) is 14.8. The second-order valence-electron chi connectivity index (χ2n) is 4.78. The van der Waals surface area contributed by atoms with Gasteiger partial charge < -0.3 is 24.3 Å². The molecule has 0 amide bonds. The first-order valence-electron chi connectivity index (χ1n) is 6.61. The summed E-state index contributed by atoms with van der Waals surface area (Å²) in [5.41, 5.74) is 1.12. The van der Waals surface area contributed by atoms with Crippen molar-refractivity contribution in [1.29, 1.82) is 0 Å². The summed E-state index contributed by atoms with van der Waals surface area (Å²) in [5, 5.41) is 18.7. The van der Waals surface area contributed by atoms with E-state index in [-0.39, 0.29) is 6.10 Å². The van der Waals surface area contributed by atoms with Crippen LogP contribution in [-0.4, -0.2) is 30.9 Å². The fourth-order valence-corrected chi connectivity index (χ4v) is 2.28. The van der Waals surface area contributed by atoms with Gasteiger partial charge in [-0.15, -0.1) is 0 Å². The molecule has 1 unspecified atom stereocenters. The molecule has 0 aliphatic carbocycles. The van der Waals surface area contributed by atoms with Gasteiger partial charge in [0.05, 0.1) is 7.11 Å². The molecule has 0 fully saturated rings. The Bertz CT molecular complexity index is 644. The molecule has 1 aliphatic heterocycles. The molecule has 5 nitrogen and oxygen atoms in total. The SMILES string of the molecule is COc1cc(B(O)O)cc(C2COc3ccccc3O2)c1. The van der Waals surface area contributed by atoms with E-state index >= 15 is 0 Å². The van der Waals surface area contributed by atoms with Crippen LogP contribution in [0, 0.1) is 0 Å². The maximum absolute atomic E-state index is 9.35. The molecule has 1 atom stereocenters. The molecule has 2 N–H and O–H groups in total. The van der Waals surface area contributed by atoms with Gasteiger partial charge in [-0.3, -0.25) is 0 Å². The van der Waals surface area contributed by atoms with E-state index in [4.69, 9.17) is 14.2 Å². The van der Waals surface area contributed by atoms with Crippen LogP contribution in [0.2, 0.25) is 0 Å². The van der Waals surface area contributed by atoms with E-state index in [1.54, 1.807) is 18.2 Å². The van der Waals surface area contributed by atoms with E-state index in [1.807, 2.05) is 24.3 Å². The molecule has 0 aromatic heterocycles. The average Bonchev–Trinajstić information content (AvgIpc) is 2.53. The number of hydrogen-bond acceptors (Lipinski definition) is 5. The molecule has 0 radical (unpaired) electrons. The van der Waals surface area contributed by atoms with Gasteiger partial charge in [-0.2, -0.15) is 0 Å². The molecular weight excluding hydrogens is 271 g/mol. The first kappa shape index (κ1) is 13.8. The highest BCUT2D eigenvalue weighted by Crippen LogP contribution is 2.36. The van der Waals surface area contributed by atoms with Gasteiger partial charge in [-0.25, -0.2) is 0 Å². The highest BCUT2D eigenvalue weighted by Gasteiger charge is 2.24. The molecule has 6 heteroatoms. The minimum atomic E-state index is -1.56. The summed E-state index contributed by atoms with van der Waals surface area (Å²) >= 11 is 0. The Kier molecular flexibility index (Phi) is 3.73. The number of methoxy groups -OCH3 is 1. The van der Waals surface area contributed by atoms with Crippen molar-refractivity contribution in [2.45, 2.75) is 6.10 Å². The zero-order valence-corrected chi connectivity index (χ0v) is 11.5. The molecule has 3 rings (SSSR count). The second-order valence-corrected chi connectivity index (χ2v) is 4.78. The first-order chi connectivity index (χ1) is 10.2. The van der Waals surface area contributed by atoms with E-state index in [2.05, 4.69) is 0 Å². The molecule has 0 saturated carbocycles. The van der Waals surface area contributed by atoms with E-state index in [0.717, 1.165) is 5.56 Å². The van der Waals surface area contributed by atoms with Gasteiger partial charge in [0.25, 0.3) is 0 Å². The maximum atomic E-state index is 9.35. The van der Waals surface area contributed by atoms with Crippen molar-refractivity contribution in [1.82, 2.24) is 0 Å². The highest BCUT2D eigenvalue weighted by molar-refractivity contribution is 6.58. The molecule has 0 spiro atoms. The molecule has 0 bridgehead atoms. The van der Waals surface area contributed by atoms with Crippen molar-refractivity contribution in [3.63, 3.8) is 0 Å². The number of rotatable bonds is 3. The van der Waals surface area contributed by atoms with Crippen molar-refractivity contribution >= 4 is 12.6 Å². The minimum absolute atomic E-state index is 0.326. The summed E-state index contributed by atoms with van der Waals surface area (Å²) in [7, 11) is -0.0316. The number of benzene rings is 2. The van der Waals surface area contributed by atoms with Crippen LogP contribution in [0.3, 0.4) is 0 Å². The zero-order valence-electron chi connectivity index (χ0n) is 11.5. The van der Waals surface area contributed by atoms with Crippen molar-refractivity contribution in [2.24, 2.45) is 0 Å². The maximum Gasteiger partial charge on any atom is 0.488 e. The summed E-state index contributed by atoms with van der Waals surface area (Å²) in [6, 6.07) is 12.5. The quantitative estimate of drug-likeness (QED) is 0.820. The topological polar surface area (TPSA) is 68.2 Å². The predicted molar refractivity (Wildman–Crippen MR) is 78.1 cm³/mol. The summed E-state index contributed by atoms with van der Waals surface area (Å²) in [4.78, 5) is 0. The van der Waals surface area contributed by atoms with Crippen LogP contribution >= 0.6 is 0 Å². The molecule has 2 aromatic rings. The minimum Gasteiger partial charge on any atom is -0.497 e. The molecular formula is C15H15BO5. The standard InChI is InChI=1S/C15H15BO5/c1-19-12-7-10(6-11(8-12)16(17)18)15-9-20-13-4-2-3-5-14(13)21-15/h2-8,15,17-18H,9H2,1H3. The Morgan fingerprint density at radius 2 is 1.90 bits per heavy atom. The largest absolute Gasteiger partial charge is 0.497 e. The number of hydrogen-bond donors (Lipinski definition) is 2. The molecule has 0 saturated heterocycles. The summed E-state index contributed by atoms with van der Waals surface area (Å²) < 4.78 is 16.8. The Balaban J connectivity index is 1.92. The molecule has 21 heavy (non-hydrogen) atoms. The van der Waals surface area contributed by atoms with Crippen LogP contribution in [-0.2, 0) is 0 Å². The lowest BCUT2D eigenvalue weighted by Gasteiger charge is -2.27. The van der Waals surface area contributed by atoms with Gasteiger partial charge in [-0.05, 0) is 35.3 Å². The predicted octanol–water partition coefficient (Wildman–Crippen LogP) is 0.887. The number of ether oxygens (including phenoxy) is 3. The fourth-order valence-electron chi connectivity index (χ4n) is 2.28. The van der Waals surface area contributed by atoms with Crippen molar-refractivity contribution in [3.8, 4) is 17.2 Å². The Labute approximate surface area is 122 Å². The van der Waals surface area contributed by atoms with Crippen molar-refractivity contribution in [2.75, 3.05) is 13.7 Å². The smallest absolute Gasteiger partial charge is 0.488 e. The van der Waals surface area contributed by atoms with Crippen LogP contribution < -0.4 is 19.7 Å². The summed E-state index contributed by atoms with van der Waals surface area (Å²) in [5.74, 6) is 1.92. The Morgan fingerprint density at radius 3 is 2.62 bits per heavy atom. The Morgan fingerprint density at radius 1 is 1.14 bits per heavy atom. The van der Waals surface area contributed by atoms with Crippen LogP contribution in [0.1, 0.15) is 11.7 Å². The van der Waals surface area contributed by atoms with E-state index in [0.29, 0.717) is 29.3 Å². The van der Waals surface area contributed by atoms with Crippen LogP contribution in [0.4, 0.5) is 0 Å². The van der Waals surface area contributed by atoms with Crippen molar-refractivity contribution < 1.29 is 24.3 Å². The van der Waals surface area contributed by atoms with Crippen LogP contribution in [0.15, 0.2) is 42.5 Å². The lowest BCUT2D eigenvalue weighted by atomic mass is 9.79. The number of fused-ring (bicyclic) bond motifs is 1. The normalized spacial score (nSPS) is 16.4. The first-order valence-corrected chi connectivity index (χ1v) is 6.61. The van der Waals surface area contributed by atoms with E-state index in [9.17, 15) is 10.0 Å². The van der Waals surface area contributed by atoms with Crippen LogP contribution in [0.25, 0.3) is 0 Å². The molecule has 108 valence electrons. The third-order valence-corrected chi connectivity index (χ3v) is 3.37.